The Morgan fingerprint density at radius 1 is 0.972 bits per heavy atom. The van der Waals surface area contributed by atoms with Gasteiger partial charge in [0.2, 0.25) is 5.91 Å². The van der Waals surface area contributed by atoms with Crippen molar-refractivity contribution in [1.82, 2.24) is 10.2 Å². The highest BCUT2D eigenvalue weighted by Crippen LogP contribution is 2.28. The summed E-state index contributed by atoms with van der Waals surface area (Å²) in [6.07, 6.45) is 0.364. The van der Waals surface area contributed by atoms with E-state index in [1.807, 2.05) is 56.3 Å². The van der Waals surface area contributed by atoms with E-state index in [2.05, 4.69) is 21.2 Å². The van der Waals surface area contributed by atoms with Gasteiger partial charge in [0, 0.05) is 29.0 Å². The van der Waals surface area contributed by atoms with E-state index < -0.39 is 6.04 Å². The largest absolute Gasteiger partial charge is 0.482 e. The summed E-state index contributed by atoms with van der Waals surface area (Å²) in [6, 6.07) is 21.3. The van der Waals surface area contributed by atoms with Crippen LogP contribution in [-0.2, 0) is 22.6 Å². The maximum absolute atomic E-state index is 13.6. The van der Waals surface area contributed by atoms with E-state index in [0.717, 1.165) is 15.6 Å². The molecular weight excluding hydrogens is 563 g/mol. The lowest BCUT2D eigenvalue weighted by Crippen LogP contribution is -2.52. The van der Waals surface area contributed by atoms with E-state index in [1.54, 1.807) is 35.2 Å². The lowest BCUT2D eigenvalue weighted by molar-refractivity contribution is -0.142. The zero-order valence-electron chi connectivity index (χ0n) is 20.2. The Labute approximate surface area is 230 Å². The first-order valence-electron chi connectivity index (χ1n) is 11.7. The van der Waals surface area contributed by atoms with Gasteiger partial charge in [0.25, 0.3) is 5.91 Å². The topological polar surface area (TPSA) is 58.6 Å². The molecule has 0 aliphatic rings. The van der Waals surface area contributed by atoms with E-state index in [9.17, 15) is 9.59 Å². The van der Waals surface area contributed by atoms with Crippen molar-refractivity contribution in [1.29, 1.82) is 0 Å². The van der Waals surface area contributed by atoms with E-state index >= 15 is 0 Å². The number of rotatable bonds is 11. The number of nitrogens with one attached hydrogen (secondary N) is 1. The SMILES string of the molecule is CC(C)CNC(=O)[C@@H](Cc1ccccc1)N(Cc1ccc(Cl)cc1)C(=O)COc1ccc(Br)cc1Cl. The van der Waals surface area contributed by atoms with Gasteiger partial charge in [0.1, 0.15) is 11.8 Å². The van der Waals surface area contributed by atoms with Crippen molar-refractivity contribution < 1.29 is 14.3 Å². The van der Waals surface area contributed by atoms with Crippen LogP contribution in [0, 0.1) is 5.92 Å². The number of hydrogen-bond donors (Lipinski definition) is 1. The minimum atomic E-state index is -0.738. The van der Waals surface area contributed by atoms with Crippen LogP contribution in [0.25, 0.3) is 0 Å². The molecule has 5 nitrogen and oxygen atoms in total. The van der Waals surface area contributed by atoms with Crippen molar-refractivity contribution in [3.05, 3.63) is 98.4 Å². The third-order valence-corrected chi connectivity index (χ3v) is 6.51. The smallest absolute Gasteiger partial charge is 0.261 e. The van der Waals surface area contributed by atoms with Gasteiger partial charge in [0.05, 0.1) is 5.02 Å². The quantitative estimate of drug-likeness (QED) is 0.275. The monoisotopic (exact) mass is 590 g/mol. The molecule has 0 aliphatic carbocycles. The lowest BCUT2D eigenvalue weighted by atomic mass is 10.0. The van der Waals surface area contributed by atoms with Crippen molar-refractivity contribution in [2.45, 2.75) is 32.9 Å². The predicted octanol–water partition coefficient (Wildman–Crippen LogP) is 6.55. The van der Waals surface area contributed by atoms with Gasteiger partial charge in [-0.25, -0.2) is 0 Å². The second kappa shape index (κ2) is 13.7. The maximum Gasteiger partial charge on any atom is 0.261 e. The molecule has 1 atom stereocenters. The summed E-state index contributed by atoms with van der Waals surface area (Å²) in [5, 5.41) is 3.98. The molecule has 3 aromatic carbocycles. The Morgan fingerprint density at radius 3 is 2.31 bits per heavy atom. The van der Waals surface area contributed by atoms with Crippen LogP contribution in [0.3, 0.4) is 0 Å². The highest BCUT2D eigenvalue weighted by Gasteiger charge is 2.30. The molecule has 0 spiro atoms. The number of carbonyl (C=O) groups excluding carboxylic acids is 2. The second-order valence-electron chi connectivity index (χ2n) is 8.86. The molecule has 190 valence electrons. The number of ether oxygens (including phenoxy) is 1. The molecule has 0 aromatic heterocycles. The zero-order valence-corrected chi connectivity index (χ0v) is 23.3. The van der Waals surface area contributed by atoms with Crippen LogP contribution in [0.2, 0.25) is 10.0 Å². The van der Waals surface area contributed by atoms with Crippen LogP contribution in [-0.4, -0.2) is 35.9 Å². The second-order valence-corrected chi connectivity index (χ2v) is 10.6. The summed E-state index contributed by atoms with van der Waals surface area (Å²) in [7, 11) is 0. The molecular formula is C28H29BrCl2N2O3. The van der Waals surface area contributed by atoms with Crippen LogP contribution < -0.4 is 10.1 Å². The van der Waals surface area contributed by atoms with Gasteiger partial charge in [-0.3, -0.25) is 9.59 Å². The lowest BCUT2D eigenvalue weighted by Gasteiger charge is -2.31. The standard InChI is InChI=1S/C28H29BrCl2N2O3/c1-19(2)16-32-28(35)25(14-20-6-4-3-5-7-20)33(17-21-8-11-23(30)12-9-21)27(34)18-36-26-13-10-22(29)15-24(26)31/h3-13,15,19,25H,14,16-18H2,1-2H3,(H,32,35)/t25-/m1/s1. The molecule has 36 heavy (non-hydrogen) atoms. The summed E-state index contributed by atoms with van der Waals surface area (Å²) < 4.78 is 6.58. The number of carbonyl (C=O) groups is 2. The average Bonchev–Trinajstić information content (AvgIpc) is 2.85. The number of benzene rings is 3. The molecule has 0 saturated heterocycles. The highest BCUT2D eigenvalue weighted by molar-refractivity contribution is 9.10. The Bertz CT molecular complexity index is 1160. The summed E-state index contributed by atoms with van der Waals surface area (Å²) in [6.45, 7) is 4.52. The normalized spacial score (nSPS) is 11.7. The summed E-state index contributed by atoms with van der Waals surface area (Å²) in [5.74, 6) is 0.124. The first kappa shape index (κ1) is 28.0. The predicted molar refractivity (Wildman–Crippen MR) is 148 cm³/mol. The first-order valence-corrected chi connectivity index (χ1v) is 13.2. The molecule has 0 aliphatic heterocycles. The number of amides is 2. The molecule has 0 unspecified atom stereocenters. The van der Waals surface area contributed by atoms with Gasteiger partial charge >= 0.3 is 0 Å². The van der Waals surface area contributed by atoms with E-state index in [4.69, 9.17) is 27.9 Å². The molecule has 2 amide bonds. The van der Waals surface area contributed by atoms with Gasteiger partial charge in [-0.2, -0.15) is 0 Å². The fourth-order valence-corrected chi connectivity index (χ4v) is 4.43. The van der Waals surface area contributed by atoms with E-state index in [1.165, 1.54) is 0 Å². The Hall–Kier alpha value is -2.54. The first-order chi connectivity index (χ1) is 17.2. The molecule has 0 radical (unpaired) electrons. The molecule has 0 fully saturated rings. The molecule has 0 bridgehead atoms. The van der Waals surface area contributed by atoms with E-state index in [-0.39, 0.29) is 30.9 Å². The molecule has 3 aromatic rings. The number of nitrogens with zero attached hydrogens (tertiary/aromatic N) is 1. The van der Waals surface area contributed by atoms with Crippen molar-refractivity contribution in [2.24, 2.45) is 5.92 Å². The molecule has 8 heteroatoms. The van der Waals surface area contributed by atoms with Crippen molar-refractivity contribution in [2.75, 3.05) is 13.2 Å². The number of hydrogen-bond acceptors (Lipinski definition) is 3. The van der Waals surface area contributed by atoms with Crippen molar-refractivity contribution in [3.8, 4) is 5.75 Å². The Balaban J connectivity index is 1.90. The summed E-state index contributed by atoms with van der Waals surface area (Å²) in [4.78, 5) is 28.6. The van der Waals surface area contributed by atoms with Crippen molar-refractivity contribution >= 4 is 50.9 Å². The summed E-state index contributed by atoms with van der Waals surface area (Å²) >= 11 is 15.7. The van der Waals surface area contributed by atoms with Gasteiger partial charge < -0.3 is 15.0 Å². The van der Waals surface area contributed by atoms with Crippen LogP contribution >= 0.6 is 39.1 Å². The molecule has 0 saturated carbocycles. The maximum atomic E-state index is 13.6. The van der Waals surface area contributed by atoms with Crippen LogP contribution in [0.5, 0.6) is 5.75 Å². The van der Waals surface area contributed by atoms with Crippen molar-refractivity contribution in [3.63, 3.8) is 0 Å². The summed E-state index contributed by atoms with van der Waals surface area (Å²) in [5.41, 5.74) is 1.80. The van der Waals surface area contributed by atoms with Gasteiger partial charge in [0.15, 0.2) is 6.61 Å². The average molecular weight is 592 g/mol. The third-order valence-electron chi connectivity index (χ3n) is 5.47. The molecule has 1 N–H and O–H groups in total. The fraction of sp³-hybridized carbons (Fsp3) is 0.286. The molecule has 0 heterocycles. The molecule has 3 rings (SSSR count). The van der Waals surface area contributed by atoms with Gasteiger partial charge in [-0.15, -0.1) is 0 Å². The van der Waals surface area contributed by atoms with Gasteiger partial charge in [-0.1, -0.05) is 95.4 Å². The highest BCUT2D eigenvalue weighted by atomic mass is 79.9. The minimum Gasteiger partial charge on any atom is -0.482 e. The number of halogens is 3. The van der Waals surface area contributed by atoms with Crippen LogP contribution in [0.15, 0.2) is 77.3 Å². The zero-order chi connectivity index (χ0) is 26.1. The van der Waals surface area contributed by atoms with Crippen LogP contribution in [0.4, 0.5) is 0 Å². The van der Waals surface area contributed by atoms with Gasteiger partial charge in [-0.05, 0) is 47.4 Å². The fourth-order valence-electron chi connectivity index (χ4n) is 3.58. The van der Waals surface area contributed by atoms with Crippen LogP contribution in [0.1, 0.15) is 25.0 Å². The third kappa shape index (κ3) is 8.54. The Morgan fingerprint density at radius 2 is 1.67 bits per heavy atom. The minimum absolute atomic E-state index is 0.212. The van der Waals surface area contributed by atoms with E-state index in [0.29, 0.717) is 28.8 Å². The Kier molecular flexibility index (Phi) is 10.7.